The molecule has 37 heavy (non-hydrogen) atoms. The molecule has 4 aliphatic rings. The number of alkyl halides is 2. The van der Waals surface area contributed by atoms with E-state index in [9.17, 15) is 8.78 Å². The Labute approximate surface area is 218 Å². The minimum absolute atomic E-state index is 0.216. The molecule has 0 atom stereocenters. The van der Waals surface area contributed by atoms with E-state index in [4.69, 9.17) is 16.9 Å². The molecule has 2 saturated carbocycles. The number of nitriles is 1. The van der Waals surface area contributed by atoms with Gasteiger partial charge in [-0.15, -0.1) is 10.2 Å². The third kappa shape index (κ3) is 3.98. The summed E-state index contributed by atoms with van der Waals surface area (Å²) in [6.45, 7) is 2.26. The minimum Gasteiger partial charge on any atom is -0.355 e. The molecule has 4 heterocycles. The van der Waals surface area contributed by atoms with Crippen LogP contribution >= 0.6 is 11.6 Å². The van der Waals surface area contributed by atoms with Crippen LogP contribution in [0, 0.1) is 22.7 Å². The third-order valence-electron chi connectivity index (χ3n) is 8.36. The maximum absolute atomic E-state index is 14.7. The molecule has 0 unspecified atom stereocenters. The molecule has 1 spiro atoms. The molecule has 2 aliphatic heterocycles. The van der Waals surface area contributed by atoms with Gasteiger partial charge in [0, 0.05) is 41.9 Å². The Balaban J connectivity index is 1.12. The summed E-state index contributed by atoms with van der Waals surface area (Å²) >= 11 is 6.33. The lowest BCUT2D eigenvalue weighted by atomic mass is 9.57. The first-order chi connectivity index (χ1) is 17.8. The maximum atomic E-state index is 14.7. The molecule has 1 saturated heterocycles. The average Bonchev–Trinajstić information content (AvgIpc) is 3.62. The number of fused-ring (bicyclic) bond motifs is 3. The Morgan fingerprint density at radius 1 is 1.11 bits per heavy atom. The number of rotatable bonds is 5. The van der Waals surface area contributed by atoms with Crippen molar-refractivity contribution < 1.29 is 8.78 Å². The molecule has 0 amide bonds. The van der Waals surface area contributed by atoms with Crippen LogP contribution in [0.25, 0.3) is 5.69 Å². The van der Waals surface area contributed by atoms with Crippen LogP contribution in [0.4, 0.5) is 14.6 Å². The Kier molecular flexibility index (Phi) is 5.11. The Hall–Kier alpha value is -3.09. The summed E-state index contributed by atoms with van der Waals surface area (Å²) in [5.74, 6) is -0.495. The minimum atomic E-state index is -2.70. The zero-order chi connectivity index (χ0) is 25.4. The average molecular weight is 522 g/mol. The van der Waals surface area contributed by atoms with Crippen molar-refractivity contribution in [1.29, 1.82) is 5.26 Å². The van der Waals surface area contributed by atoms with Crippen molar-refractivity contribution in [2.75, 3.05) is 24.5 Å². The van der Waals surface area contributed by atoms with Crippen LogP contribution in [0.5, 0.6) is 0 Å². The Morgan fingerprint density at radius 2 is 1.92 bits per heavy atom. The van der Waals surface area contributed by atoms with E-state index < -0.39 is 11.8 Å². The molecule has 0 bridgehead atoms. The van der Waals surface area contributed by atoms with Crippen LogP contribution in [0.2, 0.25) is 5.02 Å². The second kappa shape index (κ2) is 8.20. The number of anilines is 1. The van der Waals surface area contributed by atoms with Gasteiger partial charge in [0.15, 0.2) is 5.82 Å². The van der Waals surface area contributed by atoms with Crippen LogP contribution in [0.3, 0.4) is 0 Å². The van der Waals surface area contributed by atoms with E-state index in [1.807, 2.05) is 30.3 Å². The number of benzene rings is 1. The highest BCUT2D eigenvalue weighted by molar-refractivity contribution is 6.30. The van der Waals surface area contributed by atoms with Gasteiger partial charge in [-0.2, -0.15) is 5.26 Å². The van der Waals surface area contributed by atoms with Gasteiger partial charge in [0.2, 0.25) is 0 Å². The number of hydrogen-bond donors (Lipinski definition) is 0. The van der Waals surface area contributed by atoms with E-state index in [1.165, 1.54) is 0 Å². The second-order valence-electron chi connectivity index (χ2n) is 11.2. The fourth-order valence-corrected chi connectivity index (χ4v) is 6.61. The molecule has 190 valence electrons. The fraction of sp³-hybridized carbons (Fsp3) is 0.481. The van der Waals surface area contributed by atoms with Crippen molar-refractivity contribution in [3.05, 3.63) is 64.3 Å². The number of pyridine rings is 1. The summed E-state index contributed by atoms with van der Waals surface area (Å²) in [4.78, 5) is 8.43. The van der Waals surface area contributed by atoms with Crippen LogP contribution < -0.4 is 4.90 Å². The van der Waals surface area contributed by atoms with E-state index in [1.54, 1.807) is 11.0 Å². The SMILES string of the molecule is N#Cc1cccc(N2CC3(CC(c4nnc5n4-c4ccc(Cl)cc4CN(CC(F)(F)C4CC4)C5)C3)C2)n1. The van der Waals surface area contributed by atoms with Gasteiger partial charge in [-0.05, 0) is 61.6 Å². The van der Waals surface area contributed by atoms with Gasteiger partial charge in [-0.1, -0.05) is 17.7 Å². The largest absolute Gasteiger partial charge is 0.355 e. The first-order valence-corrected chi connectivity index (χ1v) is 13.2. The topological polar surface area (TPSA) is 73.9 Å². The molecule has 2 aromatic heterocycles. The normalized spacial score (nSPS) is 21.0. The van der Waals surface area contributed by atoms with Crippen molar-refractivity contribution in [2.45, 2.75) is 50.6 Å². The molecule has 7 nitrogen and oxygen atoms in total. The molecular formula is C27H26ClF2N7. The van der Waals surface area contributed by atoms with Crippen molar-refractivity contribution >= 4 is 17.4 Å². The van der Waals surface area contributed by atoms with E-state index >= 15 is 0 Å². The second-order valence-corrected chi connectivity index (χ2v) is 11.7. The molecule has 10 heteroatoms. The molecular weight excluding hydrogens is 496 g/mol. The fourth-order valence-electron chi connectivity index (χ4n) is 6.41. The van der Waals surface area contributed by atoms with E-state index in [-0.39, 0.29) is 17.9 Å². The zero-order valence-corrected chi connectivity index (χ0v) is 21.0. The van der Waals surface area contributed by atoms with E-state index in [0.717, 1.165) is 48.8 Å². The number of aromatic nitrogens is 4. The number of halogens is 3. The summed E-state index contributed by atoms with van der Waals surface area (Å²) in [6, 6.07) is 13.3. The monoisotopic (exact) mass is 521 g/mol. The molecule has 7 rings (SSSR count). The van der Waals surface area contributed by atoms with Crippen molar-refractivity contribution in [3.63, 3.8) is 0 Å². The van der Waals surface area contributed by atoms with Crippen LogP contribution in [-0.4, -0.2) is 50.2 Å². The first kappa shape index (κ1) is 23.1. The summed E-state index contributed by atoms with van der Waals surface area (Å²) in [5.41, 5.74) is 2.50. The van der Waals surface area contributed by atoms with Crippen molar-refractivity contribution in [2.24, 2.45) is 11.3 Å². The standard InChI is InChI=1S/C27H26ClF2N7/c28-20-6-7-22-17(8-20)12-35(16-27(29,30)19-4-5-19)13-24-33-34-25(37(22)24)18-9-26(10-18)14-36(15-26)23-3-1-2-21(11-31)32-23/h1-3,6-8,18-19H,4-5,9-10,12-16H2. The van der Waals surface area contributed by atoms with Crippen LogP contribution in [0.1, 0.15) is 54.5 Å². The zero-order valence-electron chi connectivity index (χ0n) is 20.2. The van der Waals surface area contributed by atoms with Gasteiger partial charge in [0.1, 0.15) is 23.4 Å². The predicted molar refractivity (Wildman–Crippen MR) is 134 cm³/mol. The molecule has 0 radical (unpaired) electrons. The van der Waals surface area contributed by atoms with E-state index in [2.05, 4.69) is 30.7 Å². The Morgan fingerprint density at radius 3 is 2.68 bits per heavy atom. The highest BCUT2D eigenvalue weighted by Crippen LogP contribution is 2.56. The van der Waals surface area contributed by atoms with Crippen LogP contribution in [-0.2, 0) is 13.1 Å². The number of hydrogen-bond acceptors (Lipinski definition) is 6. The van der Waals surface area contributed by atoms with E-state index in [0.29, 0.717) is 42.5 Å². The predicted octanol–water partition coefficient (Wildman–Crippen LogP) is 4.93. The number of nitrogens with zero attached hydrogens (tertiary/aromatic N) is 7. The summed E-state index contributed by atoms with van der Waals surface area (Å²) in [7, 11) is 0. The van der Waals surface area contributed by atoms with Gasteiger partial charge in [-0.3, -0.25) is 9.47 Å². The van der Waals surface area contributed by atoms with Gasteiger partial charge in [0.05, 0.1) is 18.8 Å². The lowest BCUT2D eigenvalue weighted by Crippen LogP contribution is -2.62. The van der Waals surface area contributed by atoms with Gasteiger partial charge in [0.25, 0.3) is 5.92 Å². The summed E-state index contributed by atoms with van der Waals surface area (Å²) < 4.78 is 31.6. The maximum Gasteiger partial charge on any atom is 0.263 e. The molecule has 3 fully saturated rings. The lowest BCUT2D eigenvalue weighted by Gasteiger charge is -2.59. The quantitative estimate of drug-likeness (QED) is 0.474. The van der Waals surface area contributed by atoms with Crippen molar-refractivity contribution in [1.82, 2.24) is 24.6 Å². The van der Waals surface area contributed by atoms with Gasteiger partial charge < -0.3 is 4.90 Å². The van der Waals surface area contributed by atoms with Crippen LogP contribution in [0.15, 0.2) is 36.4 Å². The van der Waals surface area contributed by atoms with Gasteiger partial charge >= 0.3 is 0 Å². The molecule has 3 aromatic rings. The van der Waals surface area contributed by atoms with Crippen molar-refractivity contribution in [3.8, 4) is 11.8 Å². The summed E-state index contributed by atoms with van der Waals surface area (Å²) in [5, 5.41) is 18.8. The third-order valence-corrected chi connectivity index (χ3v) is 8.59. The molecule has 2 aliphatic carbocycles. The summed E-state index contributed by atoms with van der Waals surface area (Å²) in [6.07, 6.45) is 3.19. The highest BCUT2D eigenvalue weighted by atomic mass is 35.5. The smallest absolute Gasteiger partial charge is 0.263 e. The molecule has 0 N–H and O–H groups in total. The van der Waals surface area contributed by atoms with Gasteiger partial charge in [-0.25, -0.2) is 13.8 Å². The molecule has 1 aromatic carbocycles. The first-order valence-electron chi connectivity index (χ1n) is 12.8. The Bertz CT molecular complexity index is 1410. The highest BCUT2D eigenvalue weighted by Gasteiger charge is 2.54. The lowest BCUT2D eigenvalue weighted by molar-refractivity contribution is -0.0558.